The second kappa shape index (κ2) is 5.43. The maximum Gasteiger partial charge on any atom is 0.283 e. The van der Waals surface area contributed by atoms with Crippen LogP contribution in [0.5, 0.6) is 0 Å². The van der Waals surface area contributed by atoms with E-state index in [1.807, 2.05) is 0 Å². The maximum absolute atomic E-state index is 10.9. The van der Waals surface area contributed by atoms with Gasteiger partial charge in [0.25, 0.3) is 5.69 Å². The SMILES string of the molecule is NNc1cc(Sc2ccccc2[N+](=O)[O-])ncn1. The molecule has 0 radical (unpaired) electrons. The van der Waals surface area contributed by atoms with Crippen LogP contribution in [0.25, 0.3) is 0 Å². The fraction of sp³-hybridized carbons (Fsp3) is 0. The number of para-hydroxylation sites is 1. The van der Waals surface area contributed by atoms with Crippen LogP contribution in [-0.2, 0) is 0 Å². The van der Waals surface area contributed by atoms with E-state index in [0.29, 0.717) is 15.7 Å². The minimum atomic E-state index is -0.425. The summed E-state index contributed by atoms with van der Waals surface area (Å²) in [5.41, 5.74) is 2.44. The highest BCUT2D eigenvalue weighted by atomic mass is 32.2. The van der Waals surface area contributed by atoms with Gasteiger partial charge in [-0.3, -0.25) is 10.1 Å². The van der Waals surface area contributed by atoms with Gasteiger partial charge in [0.15, 0.2) is 0 Å². The van der Waals surface area contributed by atoms with Crippen molar-refractivity contribution in [1.29, 1.82) is 0 Å². The number of hydrazine groups is 1. The number of nitrogens with two attached hydrogens (primary N) is 1. The van der Waals surface area contributed by atoms with Gasteiger partial charge in [-0.25, -0.2) is 15.8 Å². The summed E-state index contributed by atoms with van der Waals surface area (Å²) >= 11 is 1.18. The summed E-state index contributed by atoms with van der Waals surface area (Å²) in [6.07, 6.45) is 1.34. The van der Waals surface area contributed by atoms with E-state index in [0.717, 1.165) is 0 Å². The fourth-order valence-electron chi connectivity index (χ4n) is 1.28. The van der Waals surface area contributed by atoms with E-state index in [1.54, 1.807) is 24.3 Å². The molecule has 92 valence electrons. The van der Waals surface area contributed by atoms with Crippen LogP contribution in [0.1, 0.15) is 0 Å². The van der Waals surface area contributed by atoms with Crippen molar-refractivity contribution in [1.82, 2.24) is 9.97 Å². The van der Waals surface area contributed by atoms with Gasteiger partial charge >= 0.3 is 0 Å². The number of hydrogen-bond donors (Lipinski definition) is 2. The predicted molar refractivity (Wildman–Crippen MR) is 67.1 cm³/mol. The average Bonchev–Trinajstić information content (AvgIpc) is 2.39. The van der Waals surface area contributed by atoms with Gasteiger partial charge in [0.05, 0.1) is 9.82 Å². The fourth-order valence-corrected chi connectivity index (χ4v) is 2.17. The number of nitrogens with zero attached hydrogens (tertiary/aromatic N) is 3. The standard InChI is InChI=1S/C10H9N5O2S/c11-14-9-5-10(13-6-12-9)18-8-4-2-1-3-7(8)15(16)17/h1-6H,11H2,(H,12,13,14). The molecule has 0 bridgehead atoms. The van der Waals surface area contributed by atoms with Crippen LogP contribution in [0.15, 0.2) is 46.6 Å². The van der Waals surface area contributed by atoms with Crippen LogP contribution < -0.4 is 11.3 Å². The molecule has 0 saturated carbocycles. The van der Waals surface area contributed by atoms with E-state index in [9.17, 15) is 10.1 Å². The van der Waals surface area contributed by atoms with Crippen molar-refractivity contribution < 1.29 is 4.92 Å². The first-order chi connectivity index (χ1) is 8.70. The highest BCUT2D eigenvalue weighted by Gasteiger charge is 2.14. The monoisotopic (exact) mass is 263 g/mol. The molecule has 1 aromatic heterocycles. The minimum Gasteiger partial charge on any atom is -0.308 e. The van der Waals surface area contributed by atoms with Crippen LogP contribution >= 0.6 is 11.8 Å². The van der Waals surface area contributed by atoms with E-state index in [-0.39, 0.29) is 5.69 Å². The van der Waals surface area contributed by atoms with Crippen molar-refractivity contribution in [2.24, 2.45) is 5.84 Å². The Bertz CT molecular complexity index is 578. The molecule has 18 heavy (non-hydrogen) atoms. The second-order valence-electron chi connectivity index (χ2n) is 3.21. The summed E-state index contributed by atoms with van der Waals surface area (Å²) in [6, 6.07) is 8.08. The maximum atomic E-state index is 10.9. The first kappa shape index (κ1) is 12.3. The number of nitrogens with one attached hydrogen (secondary N) is 1. The molecular weight excluding hydrogens is 254 g/mol. The van der Waals surface area contributed by atoms with Crippen LogP contribution in [0, 0.1) is 10.1 Å². The molecule has 0 aliphatic carbocycles. The Hall–Kier alpha value is -2.19. The molecule has 0 saturated heterocycles. The summed E-state index contributed by atoms with van der Waals surface area (Å²) in [4.78, 5) is 18.8. The molecule has 0 aliphatic rings. The number of nitrogen functional groups attached to an aromatic ring is 1. The summed E-state index contributed by atoms with van der Waals surface area (Å²) < 4.78 is 0. The van der Waals surface area contributed by atoms with E-state index in [1.165, 1.54) is 24.2 Å². The Kier molecular flexibility index (Phi) is 3.70. The van der Waals surface area contributed by atoms with Crippen LogP contribution in [0.4, 0.5) is 11.5 Å². The zero-order chi connectivity index (χ0) is 13.0. The van der Waals surface area contributed by atoms with Crippen LogP contribution in [-0.4, -0.2) is 14.9 Å². The van der Waals surface area contributed by atoms with Gasteiger partial charge in [0.2, 0.25) is 0 Å². The third-order valence-electron chi connectivity index (χ3n) is 2.07. The summed E-state index contributed by atoms with van der Waals surface area (Å²) in [6.45, 7) is 0. The highest BCUT2D eigenvalue weighted by Crippen LogP contribution is 2.33. The number of rotatable bonds is 4. The lowest BCUT2D eigenvalue weighted by atomic mass is 10.3. The molecule has 1 heterocycles. The first-order valence-corrected chi connectivity index (χ1v) is 5.72. The van der Waals surface area contributed by atoms with Crippen molar-refractivity contribution in [2.75, 3.05) is 5.43 Å². The number of benzene rings is 1. The molecule has 1 aromatic carbocycles. The normalized spacial score (nSPS) is 10.1. The largest absolute Gasteiger partial charge is 0.308 e. The molecule has 0 aliphatic heterocycles. The number of nitro benzene ring substituents is 1. The zero-order valence-electron chi connectivity index (χ0n) is 9.11. The Balaban J connectivity index is 2.31. The molecule has 0 unspecified atom stereocenters. The summed E-state index contributed by atoms with van der Waals surface area (Å²) in [7, 11) is 0. The molecule has 0 spiro atoms. The lowest BCUT2D eigenvalue weighted by molar-refractivity contribution is -0.387. The van der Waals surface area contributed by atoms with Crippen molar-refractivity contribution >= 4 is 23.3 Å². The summed E-state index contributed by atoms with van der Waals surface area (Å²) in [5, 5.41) is 11.4. The van der Waals surface area contributed by atoms with Crippen molar-refractivity contribution in [3.8, 4) is 0 Å². The Labute approximate surface area is 107 Å². The molecule has 0 amide bonds. The smallest absolute Gasteiger partial charge is 0.283 e. The topological polar surface area (TPSA) is 107 Å². The highest BCUT2D eigenvalue weighted by molar-refractivity contribution is 7.99. The molecule has 3 N–H and O–H groups in total. The van der Waals surface area contributed by atoms with Crippen LogP contribution in [0.2, 0.25) is 0 Å². The number of aromatic nitrogens is 2. The van der Waals surface area contributed by atoms with Gasteiger partial charge in [-0.05, 0) is 6.07 Å². The molecule has 0 fully saturated rings. The van der Waals surface area contributed by atoms with Gasteiger partial charge < -0.3 is 5.43 Å². The van der Waals surface area contributed by atoms with Crippen molar-refractivity contribution in [3.63, 3.8) is 0 Å². The Morgan fingerprint density at radius 2 is 2.11 bits per heavy atom. The third-order valence-corrected chi connectivity index (χ3v) is 3.06. The van der Waals surface area contributed by atoms with Gasteiger partial charge in [-0.15, -0.1) is 0 Å². The van der Waals surface area contributed by atoms with E-state index < -0.39 is 4.92 Å². The minimum absolute atomic E-state index is 0.0448. The van der Waals surface area contributed by atoms with Crippen LogP contribution in [0.3, 0.4) is 0 Å². The predicted octanol–water partition coefficient (Wildman–Crippen LogP) is 1.82. The zero-order valence-corrected chi connectivity index (χ0v) is 9.92. The van der Waals surface area contributed by atoms with Gasteiger partial charge in [-0.2, -0.15) is 0 Å². The molecule has 2 aromatic rings. The molecule has 2 rings (SSSR count). The van der Waals surface area contributed by atoms with Crippen molar-refractivity contribution in [3.05, 3.63) is 46.8 Å². The van der Waals surface area contributed by atoms with E-state index >= 15 is 0 Å². The first-order valence-electron chi connectivity index (χ1n) is 4.90. The molecule has 8 heteroatoms. The van der Waals surface area contributed by atoms with Gasteiger partial charge in [0.1, 0.15) is 17.2 Å². The quantitative estimate of drug-likeness (QED) is 0.375. The Morgan fingerprint density at radius 1 is 1.33 bits per heavy atom. The number of hydrogen-bond acceptors (Lipinski definition) is 7. The summed E-state index contributed by atoms with van der Waals surface area (Å²) in [5.74, 6) is 5.68. The van der Waals surface area contributed by atoms with E-state index in [2.05, 4.69) is 15.4 Å². The average molecular weight is 263 g/mol. The Morgan fingerprint density at radius 3 is 2.83 bits per heavy atom. The van der Waals surface area contributed by atoms with E-state index in [4.69, 9.17) is 5.84 Å². The lowest BCUT2D eigenvalue weighted by Crippen LogP contribution is -2.08. The van der Waals surface area contributed by atoms with Gasteiger partial charge in [-0.1, -0.05) is 23.9 Å². The number of nitro groups is 1. The second-order valence-corrected chi connectivity index (χ2v) is 4.27. The van der Waals surface area contributed by atoms with Crippen molar-refractivity contribution in [2.45, 2.75) is 9.92 Å². The third kappa shape index (κ3) is 2.73. The molecule has 7 nitrogen and oxygen atoms in total. The van der Waals surface area contributed by atoms with Gasteiger partial charge in [0, 0.05) is 12.1 Å². The lowest BCUT2D eigenvalue weighted by Gasteiger charge is -2.03. The molecule has 0 atom stereocenters. The molecular formula is C10H9N5O2S. The number of anilines is 1.